The van der Waals surface area contributed by atoms with E-state index in [1.807, 2.05) is 0 Å². The van der Waals surface area contributed by atoms with Gasteiger partial charge in [0.25, 0.3) is 0 Å². The number of hydrogen-bond acceptors (Lipinski definition) is 6. The van der Waals surface area contributed by atoms with Crippen molar-refractivity contribution in [2.45, 2.75) is 6.18 Å². The first-order chi connectivity index (χ1) is 13.4. The molecule has 9 heteroatoms. The first-order valence-electron chi connectivity index (χ1n) is 8.19. The van der Waals surface area contributed by atoms with Gasteiger partial charge in [-0.25, -0.2) is 9.97 Å². The lowest BCUT2D eigenvalue weighted by Crippen LogP contribution is -2.05. The lowest BCUT2D eigenvalue weighted by Gasteiger charge is -2.11. The number of methoxy groups -OCH3 is 1. The molecule has 2 aromatic carbocycles. The summed E-state index contributed by atoms with van der Waals surface area (Å²) >= 11 is 0. The average Bonchev–Trinajstić information content (AvgIpc) is 3.16. The van der Waals surface area contributed by atoms with Crippen LogP contribution in [0.5, 0.6) is 17.2 Å². The largest absolute Gasteiger partial charge is 0.493 e. The molecule has 0 saturated heterocycles. The molecule has 1 N–H and O–H groups in total. The molecule has 144 valence electrons. The molecular formula is C19H14F3N3O3. The normalized spacial score (nSPS) is 12.7. The van der Waals surface area contributed by atoms with E-state index in [2.05, 4.69) is 15.3 Å². The second-order valence-corrected chi connectivity index (χ2v) is 5.88. The molecule has 0 atom stereocenters. The summed E-state index contributed by atoms with van der Waals surface area (Å²) in [5, 5.41) is 2.80. The van der Waals surface area contributed by atoms with Gasteiger partial charge in [0.05, 0.1) is 18.4 Å². The number of aromatic nitrogens is 2. The smallest absolute Gasteiger partial charge is 0.416 e. The van der Waals surface area contributed by atoms with Crippen LogP contribution < -0.4 is 19.5 Å². The van der Waals surface area contributed by atoms with Crippen LogP contribution in [0.1, 0.15) is 5.56 Å². The van der Waals surface area contributed by atoms with Crippen LogP contribution in [0.2, 0.25) is 0 Å². The summed E-state index contributed by atoms with van der Waals surface area (Å²) in [6.07, 6.45) is -2.92. The first kappa shape index (κ1) is 17.9. The summed E-state index contributed by atoms with van der Waals surface area (Å²) in [5.41, 5.74) is 0.709. The molecule has 0 aliphatic carbocycles. The van der Waals surface area contributed by atoms with Crippen molar-refractivity contribution in [1.82, 2.24) is 9.97 Å². The van der Waals surface area contributed by atoms with E-state index in [0.717, 1.165) is 12.1 Å². The maximum Gasteiger partial charge on any atom is 0.416 e. The Morgan fingerprint density at radius 2 is 1.96 bits per heavy atom. The molecule has 0 spiro atoms. The quantitative estimate of drug-likeness (QED) is 0.701. The highest BCUT2D eigenvalue weighted by molar-refractivity contribution is 5.70. The van der Waals surface area contributed by atoms with Crippen molar-refractivity contribution in [2.24, 2.45) is 0 Å². The van der Waals surface area contributed by atoms with Crippen molar-refractivity contribution in [3.05, 3.63) is 54.2 Å². The van der Waals surface area contributed by atoms with Gasteiger partial charge in [-0.15, -0.1) is 0 Å². The minimum atomic E-state index is -4.43. The number of hydrogen-bond donors (Lipinski definition) is 1. The minimum absolute atomic E-state index is 0.0985. The summed E-state index contributed by atoms with van der Waals surface area (Å²) in [5.74, 6) is 1.70. The summed E-state index contributed by atoms with van der Waals surface area (Å²) in [7, 11) is 1.52. The molecule has 0 bridgehead atoms. The predicted octanol–water partition coefficient (Wildman–Crippen LogP) is 4.64. The zero-order chi connectivity index (χ0) is 19.7. The Balaban J connectivity index is 1.64. The third-order valence-electron chi connectivity index (χ3n) is 4.06. The van der Waals surface area contributed by atoms with Gasteiger partial charge in [-0.05, 0) is 36.4 Å². The fraction of sp³-hybridized carbons (Fsp3) is 0.158. The van der Waals surface area contributed by atoms with Crippen molar-refractivity contribution >= 4 is 11.6 Å². The molecule has 0 unspecified atom stereocenters. The summed E-state index contributed by atoms with van der Waals surface area (Å²) in [4.78, 5) is 8.45. The van der Waals surface area contributed by atoms with E-state index in [0.29, 0.717) is 28.5 Å². The van der Waals surface area contributed by atoms with Crippen molar-refractivity contribution in [3.63, 3.8) is 0 Å². The molecule has 28 heavy (non-hydrogen) atoms. The molecule has 1 aliphatic rings. The van der Waals surface area contributed by atoms with E-state index in [1.54, 1.807) is 18.2 Å². The van der Waals surface area contributed by atoms with Crippen LogP contribution in [-0.4, -0.2) is 23.9 Å². The van der Waals surface area contributed by atoms with Crippen molar-refractivity contribution < 1.29 is 27.4 Å². The first-order valence-corrected chi connectivity index (χ1v) is 8.19. The number of halogens is 3. The fourth-order valence-corrected chi connectivity index (χ4v) is 2.76. The van der Waals surface area contributed by atoms with Gasteiger partial charge >= 0.3 is 6.18 Å². The Hall–Kier alpha value is -3.49. The molecule has 0 saturated carbocycles. The Morgan fingerprint density at radius 1 is 1.11 bits per heavy atom. The summed E-state index contributed by atoms with van der Waals surface area (Å²) in [6, 6.07) is 9.99. The van der Waals surface area contributed by atoms with E-state index >= 15 is 0 Å². The highest BCUT2D eigenvalue weighted by Crippen LogP contribution is 2.44. The summed E-state index contributed by atoms with van der Waals surface area (Å²) < 4.78 is 54.7. The molecule has 0 amide bonds. The third-order valence-corrected chi connectivity index (χ3v) is 4.06. The third kappa shape index (κ3) is 3.51. The maximum atomic E-state index is 12.9. The Morgan fingerprint density at radius 3 is 2.75 bits per heavy atom. The molecule has 4 rings (SSSR count). The number of nitrogens with zero attached hydrogens (tertiary/aromatic N) is 2. The number of fused-ring (bicyclic) bond motifs is 1. The standard InChI is InChI=1S/C19H14F3N3O3/c1-26-15-7-11(8-16-17(15)28-10-27-16)14-5-6-23-18(25-14)24-13-4-2-3-12(9-13)19(20,21)22/h2-9H,10H2,1H3,(H,23,24,25). The average molecular weight is 389 g/mol. The van der Waals surface area contributed by atoms with Crippen LogP contribution in [0.25, 0.3) is 11.3 Å². The van der Waals surface area contributed by atoms with Crippen LogP contribution >= 0.6 is 0 Å². The Labute approximate surface area is 157 Å². The number of alkyl halides is 3. The number of ether oxygens (including phenoxy) is 3. The van der Waals surface area contributed by atoms with E-state index in [-0.39, 0.29) is 18.4 Å². The number of rotatable bonds is 4. The van der Waals surface area contributed by atoms with Gasteiger partial charge in [-0.1, -0.05) is 6.07 Å². The monoisotopic (exact) mass is 389 g/mol. The minimum Gasteiger partial charge on any atom is -0.493 e. The van der Waals surface area contributed by atoms with Crippen molar-refractivity contribution in [2.75, 3.05) is 19.2 Å². The van der Waals surface area contributed by atoms with Crippen molar-refractivity contribution in [3.8, 4) is 28.5 Å². The van der Waals surface area contributed by atoms with Crippen LogP contribution in [-0.2, 0) is 6.18 Å². The van der Waals surface area contributed by atoms with Gasteiger partial charge in [0.2, 0.25) is 18.5 Å². The van der Waals surface area contributed by atoms with E-state index < -0.39 is 11.7 Å². The number of benzene rings is 2. The number of anilines is 2. The highest BCUT2D eigenvalue weighted by atomic mass is 19.4. The van der Waals surface area contributed by atoms with Crippen LogP contribution in [0.3, 0.4) is 0 Å². The predicted molar refractivity (Wildman–Crippen MR) is 94.9 cm³/mol. The second kappa shape index (κ2) is 6.91. The van der Waals surface area contributed by atoms with Gasteiger partial charge in [0.15, 0.2) is 11.5 Å². The SMILES string of the molecule is COc1cc(-c2ccnc(Nc3cccc(C(F)(F)F)c3)n2)cc2c1OCO2. The van der Waals surface area contributed by atoms with E-state index in [9.17, 15) is 13.2 Å². The van der Waals surface area contributed by atoms with Crippen LogP contribution in [0.4, 0.5) is 24.8 Å². The van der Waals surface area contributed by atoms with Crippen molar-refractivity contribution in [1.29, 1.82) is 0 Å². The van der Waals surface area contributed by atoms with Gasteiger partial charge < -0.3 is 19.5 Å². The zero-order valence-corrected chi connectivity index (χ0v) is 14.6. The molecule has 0 fully saturated rings. The summed E-state index contributed by atoms with van der Waals surface area (Å²) in [6.45, 7) is 0.0985. The van der Waals surface area contributed by atoms with E-state index in [1.165, 1.54) is 25.4 Å². The van der Waals surface area contributed by atoms with E-state index in [4.69, 9.17) is 14.2 Å². The molecule has 2 heterocycles. The molecule has 6 nitrogen and oxygen atoms in total. The molecule has 1 aromatic heterocycles. The fourth-order valence-electron chi connectivity index (χ4n) is 2.76. The van der Waals surface area contributed by atoms with Crippen LogP contribution in [0.15, 0.2) is 48.7 Å². The van der Waals surface area contributed by atoms with Gasteiger partial charge in [-0.2, -0.15) is 13.2 Å². The molecule has 0 radical (unpaired) electrons. The van der Waals surface area contributed by atoms with Gasteiger partial charge in [0, 0.05) is 17.4 Å². The van der Waals surface area contributed by atoms with Gasteiger partial charge in [0.1, 0.15) is 0 Å². The lowest BCUT2D eigenvalue weighted by atomic mass is 10.1. The maximum absolute atomic E-state index is 12.9. The van der Waals surface area contributed by atoms with Gasteiger partial charge in [-0.3, -0.25) is 0 Å². The number of nitrogens with one attached hydrogen (secondary N) is 1. The second-order valence-electron chi connectivity index (χ2n) is 5.88. The Kier molecular flexibility index (Phi) is 4.42. The highest BCUT2D eigenvalue weighted by Gasteiger charge is 2.30. The molecule has 1 aliphatic heterocycles. The Bertz CT molecular complexity index is 1020. The molecule has 3 aromatic rings. The molecular weight excluding hydrogens is 375 g/mol. The van der Waals surface area contributed by atoms with Crippen LogP contribution in [0, 0.1) is 0 Å². The lowest BCUT2D eigenvalue weighted by molar-refractivity contribution is -0.137. The topological polar surface area (TPSA) is 65.5 Å². The zero-order valence-electron chi connectivity index (χ0n) is 14.6.